The van der Waals surface area contributed by atoms with Gasteiger partial charge in [-0.1, -0.05) is 0 Å². The number of carbonyl (C=O) groups excluding carboxylic acids is 3. The van der Waals surface area contributed by atoms with Gasteiger partial charge in [0.05, 0.1) is 52.9 Å². The van der Waals surface area contributed by atoms with Crippen LogP contribution < -0.4 is 11.5 Å². The molecule has 27 heavy (non-hydrogen) atoms. The van der Waals surface area contributed by atoms with E-state index in [4.69, 9.17) is 30.4 Å². The van der Waals surface area contributed by atoms with Crippen molar-refractivity contribution >= 4 is 17.7 Å². The number of nitrogens with two attached hydrogens (primary N) is 2. The Kier molecular flexibility index (Phi) is 16.5. The fraction of sp³-hybridized carbons (Fsp3) is 0.824. The van der Waals surface area contributed by atoms with Gasteiger partial charge in [-0.05, 0) is 6.42 Å². The van der Waals surface area contributed by atoms with Crippen molar-refractivity contribution in [3.8, 4) is 0 Å². The molecule has 0 heterocycles. The first-order chi connectivity index (χ1) is 12.9. The fourth-order valence-corrected chi connectivity index (χ4v) is 1.87. The third-order valence-electron chi connectivity index (χ3n) is 3.42. The van der Waals surface area contributed by atoms with E-state index < -0.39 is 5.91 Å². The highest BCUT2D eigenvalue weighted by molar-refractivity contribution is 5.77. The molecule has 0 radical (unpaired) electrons. The summed E-state index contributed by atoms with van der Waals surface area (Å²) in [5.74, 6) is -0.815. The smallest absolute Gasteiger partial charge is 0.222 e. The minimum atomic E-state index is -0.396. The zero-order valence-corrected chi connectivity index (χ0v) is 16.2. The van der Waals surface area contributed by atoms with Gasteiger partial charge in [-0.15, -0.1) is 0 Å². The SMILES string of the molecule is CN(CCOCCOCCOCCOCCC(N)=O)C(=O)CCCC(N)=O. The van der Waals surface area contributed by atoms with Gasteiger partial charge in [-0.2, -0.15) is 0 Å². The molecule has 0 saturated heterocycles. The van der Waals surface area contributed by atoms with Crippen molar-refractivity contribution < 1.29 is 33.3 Å². The number of likely N-dealkylation sites (N-methyl/N-ethyl adjacent to an activating group) is 1. The van der Waals surface area contributed by atoms with E-state index >= 15 is 0 Å². The Morgan fingerprint density at radius 3 is 1.59 bits per heavy atom. The lowest BCUT2D eigenvalue weighted by Gasteiger charge is -2.17. The number of rotatable bonds is 19. The van der Waals surface area contributed by atoms with Gasteiger partial charge in [-0.25, -0.2) is 0 Å². The lowest BCUT2D eigenvalue weighted by molar-refractivity contribution is -0.130. The lowest BCUT2D eigenvalue weighted by atomic mass is 10.2. The van der Waals surface area contributed by atoms with Gasteiger partial charge in [-0.3, -0.25) is 14.4 Å². The quantitative estimate of drug-likeness (QED) is 0.270. The monoisotopic (exact) mass is 391 g/mol. The Balaban J connectivity index is 3.29. The first-order valence-corrected chi connectivity index (χ1v) is 9.05. The zero-order valence-electron chi connectivity index (χ0n) is 16.2. The fourth-order valence-electron chi connectivity index (χ4n) is 1.87. The molecule has 0 spiro atoms. The van der Waals surface area contributed by atoms with Gasteiger partial charge in [0.1, 0.15) is 0 Å². The molecule has 0 atom stereocenters. The average Bonchev–Trinajstić information content (AvgIpc) is 2.61. The van der Waals surface area contributed by atoms with E-state index in [9.17, 15) is 14.4 Å². The van der Waals surface area contributed by atoms with Gasteiger partial charge in [0.15, 0.2) is 0 Å². The van der Waals surface area contributed by atoms with Crippen molar-refractivity contribution in [2.24, 2.45) is 11.5 Å². The van der Waals surface area contributed by atoms with Crippen LogP contribution in [0.2, 0.25) is 0 Å². The summed E-state index contributed by atoms with van der Waals surface area (Å²) in [4.78, 5) is 34.4. The van der Waals surface area contributed by atoms with Gasteiger partial charge < -0.3 is 35.3 Å². The molecule has 0 aromatic heterocycles. The molecule has 0 rings (SSSR count). The maximum absolute atomic E-state index is 11.8. The summed E-state index contributed by atoms with van der Waals surface area (Å²) in [6.07, 6.45) is 1.20. The van der Waals surface area contributed by atoms with Crippen LogP contribution >= 0.6 is 0 Å². The number of hydrogen-bond donors (Lipinski definition) is 2. The number of hydrogen-bond acceptors (Lipinski definition) is 7. The second-order valence-electron chi connectivity index (χ2n) is 5.80. The van der Waals surface area contributed by atoms with Crippen molar-refractivity contribution in [1.29, 1.82) is 0 Å². The first kappa shape index (κ1) is 25.2. The number of nitrogens with zero attached hydrogens (tertiary/aromatic N) is 1. The summed E-state index contributed by atoms with van der Waals surface area (Å²) in [5.41, 5.74) is 10.0. The van der Waals surface area contributed by atoms with E-state index in [-0.39, 0.29) is 24.7 Å². The van der Waals surface area contributed by atoms with Crippen LogP contribution in [-0.2, 0) is 33.3 Å². The van der Waals surface area contributed by atoms with Gasteiger partial charge >= 0.3 is 0 Å². The number of carbonyl (C=O) groups is 3. The van der Waals surface area contributed by atoms with Crippen LogP contribution in [0.1, 0.15) is 25.7 Å². The zero-order chi connectivity index (χ0) is 20.3. The van der Waals surface area contributed by atoms with Gasteiger partial charge in [0.25, 0.3) is 0 Å². The van der Waals surface area contributed by atoms with Crippen molar-refractivity contribution in [2.75, 3.05) is 66.4 Å². The van der Waals surface area contributed by atoms with Crippen molar-refractivity contribution in [3.05, 3.63) is 0 Å². The van der Waals surface area contributed by atoms with Crippen LogP contribution in [0.5, 0.6) is 0 Å². The predicted molar refractivity (Wildman–Crippen MR) is 97.8 cm³/mol. The summed E-state index contributed by atoms with van der Waals surface area (Å²) >= 11 is 0. The molecular weight excluding hydrogens is 358 g/mol. The maximum atomic E-state index is 11.8. The van der Waals surface area contributed by atoms with E-state index in [1.54, 1.807) is 11.9 Å². The van der Waals surface area contributed by atoms with E-state index in [0.717, 1.165) is 0 Å². The average molecular weight is 391 g/mol. The predicted octanol–water partition coefficient (Wildman–Crippen LogP) is -0.958. The van der Waals surface area contributed by atoms with Crippen LogP contribution in [0.4, 0.5) is 0 Å². The molecule has 0 aromatic carbocycles. The van der Waals surface area contributed by atoms with Crippen LogP contribution in [0.15, 0.2) is 0 Å². The Bertz CT molecular complexity index is 421. The molecule has 158 valence electrons. The number of ether oxygens (including phenoxy) is 4. The second-order valence-corrected chi connectivity index (χ2v) is 5.80. The van der Waals surface area contributed by atoms with E-state index in [0.29, 0.717) is 72.2 Å². The summed E-state index contributed by atoms with van der Waals surface area (Å²) in [7, 11) is 1.70. The van der Waals surface area contributed by atoms with E-state index in [2.05, 4.69) is 0 Å². The molecule has 4 N–H and O–H groups in total. The first-order valence-electron chi connectivity index (χ1n) is 9.05. The number of amides is 3. The van der Waals surface area contributed by atoms with Crippen molar-refractivity contribution in [2.45, 2.75) is 25.7 Å². The summed E-state index contributed by atoms with van der Waals surface area (Å²) in [6, 6.07) is 0. The molecule has 0 aliphatic heterocycles. The molecule has 0 aliphatic rings. The molecule has 0 bridgehead atoms. The maximum Gasteiger partial charge on any atom is 0.222 e. The molecule has 0 aromatic rings. The molecule has 0 aliphatic carbocycles. The standard InChI is InChI=1S/C17H33N3O7/c1-20(17(23)4-2-3-15(18)21)6-8-25-10-12-27-14-13-26-11-9-24-7-5-16(19)22/h2-14H2,1H3,(H2,18,21)(H2,19,22). The third kappa shape index (κ3) is 18.8. The minimum absolute atomic E-state index is 0.0353. The van der Waals surface area contributed by atoms with Crippen LogP contribution in [0.25, 0.3) is 0 Å². The van der Waals surface area contributed by atoms with Crippen LogP contribution in [-0.4, -0.2) is 89.1 Å². The molecule has 0 unspecified atom stereocenters. The highest BCUT2D eigenvalue weighted by Crippen LogP contribution is 1.99. The third-order valence-corrected chi connectivity index (χ3v) is 3.42. The normalized spacial score (nSPS) is 10.7. The highest BCUT2D eigenvalue weighted by Gasteiger charge is 2.08. The molecule has 0 saturated carbocycles. The molecular formula is C17H33N3O7. The largest absolute Gasteiger partial charge is 0.379 e. The van der Waals surface area contributed by atoms with Gasteiger partial charge in [0, 0.05) is 32.9 Å². The van der Waals surface area contributed by atoms with E-state index in [1.165, 1.54) is 0 Å². The summed E-state index contributed by atoms with van der Waals surface area (Å²) in [5, 5.41) is 0. The lowest BCUT2D eigenvalue weighted by Crippen LogP contribution is -2.30. The Labute approximate surface area is 160 Å². The second kappa shape index (κ2) is 17.7. The Morgan fingerprint density at radius 2 is 1.11 bits per heavy atom. The summed E-state index contributed by atoms with van der Waals surface area (Å²) in [6.45, 7) is 3.80. The Morgan fingerprint density at radius 1 is 0.667 bits per heavy atom. The Hall–Kier alpha value is -1.75. The van der Waals surface area contributed by atoms with Crippen molar-refractivity contribution in [1.82, 2.24) is 4.90 Å². The summed E-state index contributed by atoms with van der Waals surface area (Å²) < 4.78 is 21.2. The topological polar surface area (TPSA) is 143 Å². The van der Waals surface area contributed by atoms with Gasteiger partial charge in [0.2, 0.25) is 17.7 Å². The highest BCUT2D eigenvalue weighted by atomic mass is 16.6. The number of primary amides is 2. The molecule has 0 fully saturated rings. The minimum Gasteiger partial charge on any atom is -0.379 e. The van der Waals surface area contributed by atoms with Crippen LogP contribution in [0.3, 0.4) is 0 Å². The molecule has 10 nitrogen and oxygen atoms in total. The molecule has 3 amide bonds. The van der Waals surface area contributed by atoms with Crippen LogP contribution in [0, 0.1) is 0 Å². The molecule has 10 heteroatoms. The van der Waals surface area contributed by atoms with E-state index in [1.807, 2.05) is 0 Å². The van der Waals surface area contributed by atoms with Crippen molar-refractivity contribution in [3.63, 3.8) is 0 Å².